The van der Waals surface area contributed by atoms with Crippen LogP contribution in [0.2, 0.25) is 5.02 Å². The third-order valence-corrected chi connectivity index (χ3v) is 4.47. The van der Waals surface area contributed by atoms with E-state index in [9.17, 15) is 9.59 Å². The number of hydrogen-bond acceptors (Lipinski definition) is 4. The maximum Gasteiger partial charge on any atom is 0.261 e. The average molecular weight is 372 g/mol. The maximum atomic E-state index is 12.4. The largest absolute Gasteiger partial charge is 0.495 e. The molecule has 0 aliphatic heterocycles. The van der Waals surface area contributed by atoms with Gasteiger partial charge in [0.1, 0.15) is 5.75 Å². The van der Waals surface area contributed by atoms with Crippen molar-refractivity contribution in [3.05, 3.63) is 63.7 Å². The molecule has 26 heavy (non-hydrogen) atoms. The van der Waals surface area contributed by atoms with E-state index in [-0.39, 0.29) is 24.4 Å². The van der Waals surface area contributed by atoms with Crippen molar-refractivity contribution in [3.8, 4) is 5.75 Å². The summed E-state index contributed by atoms with van der Waals surface area (Å²) in [5.41, 5.74) is 1.85. The van der Waals surface area contributed by atoms with Gasteiger partial charge in [-0.1, -0.05) is 23.7 Å². The molecule has 6 nitrogen and oxygen atoms in total. The number of ether oxygens (including phenoxy) is 1. The van der Waals surface area contributed by atoms with Crippen LogP contribution in [0.5, 0.6) is 5.75 Å². The number of amides is 1. The monoisotopic (exact) mass is 371 g/mol. The van der Waals surface area contributed by atoms with Crippen LogP contribution in [0.4, 0.5) is 5.69 Å². The van der Waals surface area contributed by atoms with Crippen LogP contribution in [0.15, 0.2) is 47.5 Å². The molecule has 0 aliphatic rings. The highest BCUT2D eigenvalue weighted by molar-refractivity contribution is 6.31. The lowest BCUT2D eigenvalue weighted by Gasteiger charge is -2.12. The summed E-state index contributed by atoms with van der Waals surface area (Å²) in [6.45, 7) is 2.08. The molecule has 0 atom stereocenters. The van der Waals surface area contributed by atoms with Gasteiger partial charge in [-0.15, -0.1) is 0 Å². The first kappa shape index (κ1) is 17.9. The fourth-order valence-corrected chi connectivity index (χ4v) is 2.78. The Morgan fingerprint density at radius 2 is 2.08 bits per heavy atom. The first-order valence-electron chi connectivity index (χ1n) is 8.08. The lowest BCUT2D eigenvalue weighted by molar-refractivity contribution is -0.116. The SMILES string of the molecule is COc1cc(Cl)c(C)cc1NC(=O)CCn1cnc2ccccc2c1=O. The van der Waals surface area contributed by atoms with E-state index in [1.165, 1.54) is 18.0 Å². The Bertz CT molecular complexity index is 1030. The summed E-state index contributed by atoms with van der Waals surface area (Å²) in [6, 6.07) is 10.5. The van der Waals surface area contributed by atoms with Gasteiger partial charge in [0.15, 0.2) is 0 Å². The van der Waals surface area contributed by atoms with Crippen LogP contribution in [-0.4, -0.2) is 22.6 Å². The van der Waals surface area contributed by atoms with Crippen molar-refractivity contribution in [2.75, 3.05) is 12.4 Å². The highest BCUT2D eigenvalue weighted by Gasteiger charge is 2.11. The third kappa shape index (κ3) is 3.70. The van der Waals surface area contributed by atoms with E-state index in [2.05, 4.69) is 10.3 Å². The van der Waals surface area contributed by atoms with E-state index in [0.717, 1.165) is 5.56 Å². The lowest BCUT2D eigenvalue weighted by atomic mass is 10.2. The quantitative estimate of drug-likeness (QED) is 0.746. The molecule has 1 heterocycles. The van der Waals surface area contributed by atoms with Crippen LogP contribution in [-0.2, 0) is 11.3 Å². The molecule has 0 aliphatic carbocycles. The molecule has 1 aromatic heterocycles. The Balaban J connectivity index is 1.73. The van der Waals surface area contributed by atoms with Gasteiger partial charge >= 0.3 is 0 Å². The van der Waals surface area contributed by atoms with Crippen molar-refractivity contribution in [1.29, 1.82) is 0 Å². The molecule has 1 amide bonds. The fraction of sp³-hybridized carbons (Fsp3) is 0.211. The summed E-state index contributed by atoms with van der Waals surface area (Å²) in [5, 5.41) is 3.89. The van der Waals surface area contributed by atoms with Crippen molar-refractivity contribution in [2.45, 2.75) is 19.9 Å². The molecular formula is C19H18ClN3O3. The number of halogens is 1. The standard InChI is InChI=1S/C19H18ClN3O3/c1-12-9-16(17(26-2)10-14(12)20)22-18(24)7-8-23-11-21-15-6-4-3-5-13(15)19(23)25/h3-6,9-11H,7-8H2,1-2H3,(H,22,24). The number of carbonyl (C=O) groups excluding carboxylic acids is 1. The number of benzene rings is 2. The minimum atomic E-state index is -0.231. The normalized spacial score (nSPS) is 10.7. The Kier molecular flexibility index (Phi) is 5.23. The van der Waals surface area contributed by atoms with Crippen molar-refractivity contribution < 1.29 is 9.53 Å². The highest BCUT2D eigenvalue weighted by atomic mass is 35.5. The lowest BCUT2D eigenvalue weighted by Crippen LogP contribution is -2.23. The number of rotatable bonds is 5. The zero-order chi connectivity index (χ0) is 18.7. The zero-order valence-corrected chi connectivity index (χ0v) is 15.2. The molecule has 3 aromatic rings. The van der Waals surface area contributed by atoms with Gasteiger partial charge in [-0.05, 0) is 30.7 Å². The number of nitrogens with zero attached hydrogens (tertiary/aromatic N) is 2. The van der Waals surface area contributed by atoms with Crippen LogP contribution in [0.25, 0.3) is 10.9 Å². The number of nitrogens with one attached hydrogen (secondary N) is 1. The number of aryl methyl sites for hydroxylation is 2. The van der Waals surface area contributed by atoms with E-state index >= 15 is 0 Å². The number of para-hydroxylation sites is 1. The van der Waals surface area contributed by atoms with Gasteiger partial charge in [0, 0.05) is 24.1 Å². The number of carbonyl (C=O) groups is 1. The molecule has 0 bridgehead atoms. The molecule has 0 saturated carbocycles. The molecule has 0 spiro atoms. The van der Waals surface area contributed by atoms with Crippen LogP contribution in [0.3, 0.4) is 0 Å². The van der Waals surface area contributed by atoms with Crippen LogP contribution in [0, 0.1) is 6.92 Å². The molecule has 0 radical (unpaired) electrons. The van der Waals surface area contributed by atoms with Crippen LogP contribution in [0.1, 0.15) is 12.0 Å². The van der Waals surface area contributed by atoms with Gasteiger partial charge in [-0.2, -0.15) is 0 Å². The second-order valence-corrected chi connectivity index (χ2v) is 6.27. The molecule has 3 rings (SSSR count). The molecule has 2 aromatic carbocycles. The number of aromatic nitrogens is 2. The van der Waals surface area contributed by atoms with Gasteiger partial charge in [0.25, 0.3) is 5.56 Å². The second-order valence-electron chi connectivity index (χ2n) is 5.86. The van der Waals surface area contributed by atoms with Gasteiger partial charge in [-0.3, -0.25) is 14.2 Å². The van der Waals surface area contributed by atoms with Gasteiger partial charge in [0.2, 0.25) is 5.91 Å². The predicted molar refractivity (Wildman–Crippen MR) is 102 cm³/mol. The third-order valence-electron chi connectivity index (χ3n) is 4.07. The summed E-state index contributed by atoms with van der Waals surface area (Å²) in [7, 11) is 1.51. The average Bonchev–Trinajstić information content (AvgIpc) is 2.64. The topological polar surface area (TPSA) is 73.2 Å². The summed E-state index contributed by atoms with van der Waals surface area (Å²) < 4.78 is 6.68. The Hall–Kier alpha value is -2.86. The molecular weight excluding hydrogens is 354 g/mol. The first-order chi connectivity index (χ1) is 12.5. The van der Waals surface area contributed by atoms with Crippen molar-refractivity contribution in [2.24, 2.45) is 0 Å². The van der Waals surface area contributed by atoms with E-state index in [4.69, 9.17) is 16.3 Å². The molecule has 7 heteroatoms. The summed E-state index contributed by atoms with van der Waals surface area (Å²) in [4.78, 5) is 29.0. The Morgan fingerprint density at radius 3 is 2.85 bits per heavy atom. The Morgan fingerprint density at radius 1 is 1.31 bits per heavy atom. The van der Waals surface area contributed by atoms with Crippen LogP contribution >= 0.6 is 11.6 Å². The van der Waals surface area contributed by atoms with E-state index in [1.807, 2.05) is 13.0 Å². The molecule has 0 fully saturated rings. The van der Waals surface area contributed by atoms with E-state index in [1.54, 1.807) is 30.3 Å². The number of hydrogen-bond donors (Lipinski definition) is 1. The van der Waals surface area contributed by atoms with Gasteiger partial charge in [-0.25, -0.2) is 4.98 Å². The Labute approximate surface area is 155 Å². The second kappa shape index (κ2) is 7.58. The molecule has 0 saturated heterocycles. The molecule has 1 N–H and O–H groups in total. The van der Waals surface area contributed by atoms with Crippen LogP contribution < -0.4 is 15.6 Å². The first-order valence-corrected chi connectivity index (χ1v) is 8.45. The van der Waals surface area contributed by atoms with E-state index in [0.29, 0.717) is 27.4 Å². The smallest absolute Gasteiger partial charge is 0.261 e. The van der Waals surface area contributed by atoms with Gasteiger partial charge < -0.3 is 10.1 Å². The van der Waals surface area contributed by atoms with E-state index < -0.39 is 0 Å². The van der Waals surface area contributed by atoms with Crippen molar-refractivity contribution >= 4 is 34.1 Å². The summed E-state index contributed by atoms with van der Waals surface area (Å²) in [6.07, 6.45) is 1.59. The van der Waals surface area contributed by atoms with Crippen molar-refractivity contribution in [3.63, 3.8) is 0 Å². The molecule has 134 valence electrons. The minimum absolute atomic E-state index is 0.130. The molecule has 0 unspecified atom stereocenters. The summed E-state index contributed by atoms with van der Waals surface area (Å²) >= 11 is 6.07. The van der Waals surface area contributed by atoms with Gasteiger partial charge in [0.05, 0.1) is 30.0 Å². The predicted octanol–water partition coefficient (Wildman–Crippen LogP) is 3.40. The number of fused-ring (bicyclic) bond motifs is 1. The highest BCUT2D eigenvalue weighted by Crippen LogP contribution is 2.30. The zero-order valence-electron chi connectivity index (χ0n) is 14.5. The minimum Gasteiger partial charge on any atom is -0.495 e. The maximum absolute atomic E-state index is 12.4. The summed E-state index contributed by atoms with van der Waals surface area (Å²) in [5.74, 6) is 0.253. The fourth-order valence-electron chi connectivity index (χ4n) is 2.63. The number of methoxy groups -OCH3 is 1. The number of anilines is 1. The van der Waals surface area contributed by atoms with Crippen molar-refractivity contribution in [1.82, 2.24) is 9.55 Å².